The Balaban J connectivity index is 2.41. The summed E-state index contributed by atoms with van der Waals surface area (Å²) in [5, 5.41) is 4.74. The molecular weight excluding hydrogens is 359 g/mol. The van der Waals surface area contributed by atoms with Crippen molar-refractivity contribution in [3.05, 3.63) is 57.9 Å². The molecule has 3 heteroatoms. The Morgan fingerprint density at radius 1 is 0.850 bits per heavy atom. The van der Waals surface area contributed by atoms with E-state index in [1.165, 1.54) is 16.2 Å². The molecule has 0 aliphatic heterocycles. The van der Waals surface area contributed by atoms with Crippen LogP contribution >= 0.6 is 22.6 Å². The summed E-state index contributed by atoms with van der Waals surface area (Å²) in [5.41, 5.74) is 3.24. The second-order valence-electron chi connectivity index (χ2n) is 4.98. The van der Waals surface area contributed by atoms with E-state index in [0.29, 0.717) is 0 Å². The summed E-state index contributed by atoms with van der Waals surface area (Å²) in [6, 6.07) is 14.8. The van der Waals surface area contributed by atoms with Gasteiger partial charge in [-0.2, -0.15) is 0 Å². The highest BCUT2D eigenvalue weighted by molar-refractivity contribution is 14.1. The van der Waals surface area contributed by atoms with Gasteiger partial charge in [-0.15, -0.1) is 0 Å². The van der Waals surface area contributed by atoms with Crippen LogP contribution in [0.5, 0.6) is 0 Å². The van der Waals surface area contributed by atoms with Gasteiger partial charge in [0.2, 0.25) is 0 Å². The van der Waals surface area contributed by atoms with Crippen molar-refractivity contribution in [2.24, 2.45) is 0 Å². The van der Waals surface area contributed by atoms with Crippen LogP contribution in [-0.4, -0.2) is 9.97 Å². The Morgan fingerprint density at radius 2 is 1.60 bits per heavy atom. The molecule has 20 heavy (non-hydrogen) atoms. The Bertz CT molecular complexity index is 896. The van der Waals surface area contributed by atoms with E-state index in [9.17, 15) is 0 Å². The van der Waals surface area contributed by atoms with Crippen molar-refractivity contribution < 1.29 is 0 Å². The molecule has 0 unspecified atom stereocenters. The van der Waals surface area contributed by atoms with Crippen molar-refractivity contribution >= 4 is 55.2 Å². The molecule has 2 aromatic heterocycles. The zero-order chi connectivity index (χ0) is 13.7. The molecule has 0 aliphatic carbocycles. The second kappa shape index (κ2) is 4.38. The van der Waals surface area contributed by atoms with Crippen LogP contribution in [-0.2, 0) is 0 Å². The molecule has 0 spiro atoms. The van der Waals surface area contributed by atoms with E-state index < -0.39 is 0 Å². The van der Waals surface area contributed by atoms with Crippen molar-refractivity contribution in [1.82, 2.24) is 9.97 Å². The fourth-order valence-electron chi connectivity index (χ4n) is 2.75. The molecule has 96 valence electrons. The maximum Gasteiger partial charge on any atom is 0.102 e. The summed E-state index contributed by atoms with van der Waals surface area (Å²) < 4.78 is 1.01. The average Bonchev–Trinajstić information content (AvgIpc) is 2.47. The largest absolute Gasteiger partial charge is 0.255 e. The molecule has 0 saturated heterocycles. The van der Waals surface area contributed by atoms with Crippen molar-refractivity contribution in [2.45, 2.75) is 6.92 Å². The van der Waals surface area contributed by atoms with E-state index in [0.717, 1.165) is 25.7 Å². The van der Waals surface area contributed by atoms with Crippen LogP contribution in [0.3, 0.4) is 0 Å². The first kappa shape index (κ1) is 12.0. The highest BCUT2D eigenvalue weighted by Gasteiger charge is 2.10. The van der Waals surface area contributed by atoms with Gasteiger partial charge in [0.15, 0.2) is 0 Å². The van der Waals surface area contributed by atoms with Gasteiger partial charge in [0.05, 0.1) is 11.0 Å². The number of halogens is 1. The SMILES string of the molecule is Cc1cnc2c3ccccc3c3ccc(I)nc3c2c1. The number of rotatable bonds is 0. The van der Waals surface area contributed by atoms with E-state index >= 15 is 0 Å². The van der Waals surface area contributed by atoms with E-state index in [1.807, 2.05) is 6.20 Å². The number of aryl methyl sites for hydroxylation is 1. The lowest BCUT2D eigenvalue weighted by atomic mass is 10.00. The minimum absolute atomic E-state index is 1.01. The number of aromatic nitrogens is 2. The zero-order valence-corrected chi connectivity index (χ0v) is 13.0. The Morgan fingerprint density at radius 3 is 2.45 bits per heavy atom. The lowest BCUT2D eigenvalue weighted by molar-refractivity contribution is 1.33. The third kappa shape index (κ3) is 1.69. The fourth-order valence-corrected chi connectivity index (χ4v) is 3.17. The number of hydrogen-bond acceptors (Lipinski definition) is 2. The van der Waals surface area contributed by atoms with Crippen molar-refractivity contribution in [2.75, 3.05) is 0 Å². The first-order valence-corrected chi connectivity index (χ1v) is 7.55. The second-order valence-corrected chi connectivity index (χ2v) is 6.09. The summed E-state index contributed by atoms with van der Waals surface area (Å²) in [5.74, 6) is 0. The van der Waals surface area contributed by atoms with Crippen LogP contribution in [0.15, 0.2) is 48.7 Å². The minimum atomic E-state index is 1.01. The number of fused-ring (bicyclic) bond motifs is 6. The number of benzene rings is 2. The van der Waals surface area contributed by atoms with Crippen LogP contribution in [0.25, 0.3) is 32.6 Å². The van der Waals surface area contributed by atoms with Crippen molar-refractivity contribution in [3.8, 4) is 0 Å². The molecule has 2 aromatic carbocycles. The molecular formula is C17H11IN2. The normalized spacial score (nSPS) is 11.5. The minimum Gasteiger partial charge on any atom is -0.255 e. The Hall–Kier alpha value is -1.75. The maximum absolute atomic E-state index is 4.74. The highest BCUT2D eigenvalue weighted by atomic mass is 127. The molecule has 0 atom stereocenters. The first-order valence-electron chi connectivity index (χ1n) is 6.47. The van der Waals surface area contributed by atoms with Gasteiger partial charge >= 0.3 is 0 Å². The van der Waals surface area contributed by atoms with Gasteiger partial charge in [-0.3, -0.25) is 4.98 Å². The molecule has 0 fully saturated rings. The molecule has 0 bridgehead atoms. The smallest absolute Gasteiger partial charge is 0.102 e. The van der Waals surface area contributed by atoms with Crippen LogP contribution in [0.4, 0.5) is 0 Å². The highest BCUT2D eigenvalue weighted by Crippen LogP contribution is 2.33. The number of pyridine rings is 2. The molecule has 0 aliphatic rings. The lowest BCUT2D eigenvalue weighted by Crippen LogP contribution is -1.90. The predicted molar refractivity (Wildman–Crippen MR) is 92.0 cm³/mol. The summed E-state index contributed by atoms with van der Waals surface area (Å²) in [4.78, 5) is 9.39. The van der Waals surface area contributed by atoms with Crippen LogP contribution in [0.2, 0.25) is 0 Å². The zero-order valence-electron chi connectivity index (χ0n) is 10.9. The third-order valence-corrected chi connectivity index (χ3v) is 4.21. The molecule has 2 heterocycles. The summed E-state index contributed by atoms with van der Waals surface area (Å²) in [6.07, 6.45) is 1.93. The Labute approximate surface area is 130 Å². The molecule has 0 radical (unpaired) electrons. The van der Waals surface area contributed by atoms with E-state index in [-0.39, 0.29) is 0 Å². The number of hydrogen-bond donors (Lipinski definition) is 0. The van der Waals surface area contributed by atoms with Crippen LogP contribution in [0, 0.1) is 10.6 Å². The van der Waals surface area contributed by atoms with Crippen LogP contribution in [0.1, 0.15) is 5.56 Å². The summed E-state index contributed by atoms with van der Waals surface area (Å²) >= 11 is 2.26. The van der Waals surface area contributed by atoms with Crippen molar-refractivity contribution in [3.63, 3.8) is 0 Å². The topological polar surface area (TPSA) is 25.8 Å². The first-order chi connectivity index (χ1) is 9.74. The predicted octanol–water partition coefficient (Wildman–Crippen LogP) is 4.85. The van der Waals surface area contributed by atoms with E-state index in [1.54, 1.807) is 0 Å². The maximum atomic E-state index is 4.74. The fraction of sp³-hybridized carbons (Fsp3) is 0.0588. The monoisotopic (exact) mass is 370 g/mol. The van der Waals surface area contributed by atoms with Gasteiger partial charge in [-0.05, 0) is 58.7 Å². The molecule has 0 N–H and O–H groups in total. The van der Waals surface area contributed by atoms with Gasteiger partial charge in [0.1, 0.15) is 3.70 Å². The van der Waals surface area contributed by atoms with Gasteiger partial charge in [-0.1, -0.05) is 24.3 Å². The van der Waals surface area contributed by atoms with Crippen molar-refractivity contribution in [1.29, 1.82) is 0 Å². The van der Waals surface area contributed by atoms with E-state index in [4.69, 9.17) is 4.98 Å². The molecule has 4 rings (SSSR count). The van der Waals surface area contributed by atoms with E-state index in [2.05, 4.69) is 77.0 Å². The van der Waals surface area contributed by atoms with Gasteiger partial charge in [0.25, 0.3) is 0 Å². The standard InChI is InChI=1S/C17H11IN2/c1-10-8-14-16(19-9-10)12-5-3-2-4-11(12)13-6-7-15(18)20-17(13)14/h2-9H,1H3. The summed E-state index contributed by atoms with van der Waals surface area (Å²) in [6.45, 7) is 2.07. The Kier molecular flexibility index (Phi) is 2.63. The molecule has 0 amide bonds. The molecule has 2 nitrogen and oxygen atoms in total. The van der Waals surface area contributed by atoms with Gasteiger partial charge in [0, 0.05) is 22.4 Å². The third-order valence-electron chi connectivity index (χ3n) is 3.61. The molecule has 4 aromatic rings. The summed E-state index contributed by atoms with van der Waals surface area (Å²) in [7, 11) is 0. The quantitative estimate of drug-likeness (QED) is 0.251. The van der Waals surface area contributed by atoms with Crippen LogP contribution < -0.4 is 0 Å². The lowest BCUT2D eigenvalue weighted by Gasteiger charge is -2.09. The molecule has 0 saturated carbocycles. The van der Waals surface area contributed by atoms with Gasteiger partial charge < -0.3 is 0 Å². The average molecular weight is 370 g/mol. The van der Waals surface area contributed by atoms with Gasteiger partial charge in [-0.25, -0.2) is 4.98 Å². The number of nitrogens with zero attached hydrogens (tertiary/aromatic N) is 2.